The highest BCUT2D eigenvalue weighted by atomic mass is 32.1. The summed E-state index contributed by atoms with van der Waals surface area (Å²) in [5.41, 5.74) is 22.6. The fraction of sp³-hybridized carbons (Fsp3) is 0.333. The van der Waals surface area contributed by atoms with Gasteiger partial charge in [0.05, 0.1) is 113 Å². The van der Waals surface area contributed by atoms with Gasteiger partial charge < -0.3 is 63.6 Å². The monoisotopic (exact) mass is 1960 g/mol. The van der Waals surface area contributed by atoms with Crippen molar-refractivity contribution in [2.45, 2.75) is 91.4 Å². The van der Waals surface area contributed by atoms with Gasteiger partial charge in [0.25, 0.3) is 27.8 Å². The Labute approximate surface area is 837 Å². The number of aromatic nitrogens is 12. The molecular weight excluding hydrogens is 1840 g/mol. The predicted octanol–water partition coefficient (Wildman–Crippen LogP) is 16.6. The van der Waals surface area contributed by atoms with Gasteiger partial charge in [0, 0.05) is 141 Å². The van der Waals surface area contributed by atoms with E-state index in [0.29, 0.717) is 103 Å². The quantitative estimate of drug-likeness (QED) is 0.0908. The summed E-state index contributed by atoms with van der Waals surface area (Å²) in [4.78, 5) is 109. The number of likely N-dealkylation sites (tertiary alicyclic amines) is 1. The van der Waals surface area contributed by atoms with Crippen LogP contribution in [0.1, 0.15) is 100 Å². The Bertz CT molecular complexity index is 7960. The maximum atomic E-state index is 12.9. The number of benzene rings is 5. The van der Waals surface area contributed by atoms with Crippen LogP contribution >= 0.6 is 22.7 Å². The summed E-state index contributed by atoms with van der Waals surface area (Å²) in [5, 5.41) is 8.87. The number of likely N-dealkylation sites (N-methyl/N-ethyl adjacent to an activating group) is 2. The van der Waals surface area contributed by atoms with E-state index < -0.39 is 0 Å². The first kappa shape index (κ1) is 98.8. The number of nitrogens with one attached hydrogen (secondary N) is 2. The molecule has 0 bridgehead atoms. The van der Waals surface area contributed by atoms with Crippen LogP contribution in [0.25, 0.3) is 111 Å². The second-order valence-electron chi connectivity index (χ2n) is 37.2. The first-order chi connectivity index (χ1) is 69.3. The first-order valence-corrected chi connectivity index (χ1v) is 50.3. The van der Waals surface area contributed by atoms with Crippen LogP contribution in [0.15, 0.2) is 225 Å². The lowest BCUT2D eigenvalue weighted by Crippen LogP contribution is -2.29. The van der Waals surface area contributed by atoms with E-state index >= 15 is 0 Å². The van der Waals surface area contributed by atoms with Gasteiger partial charge in [0.1, 0.15) is 28.2 Å². The van der Waals surface area contributed by atoms with Crippen molar-refractivity contribution >= 4 is 88.3 Å². The van der Waals surface area contributed by atoms with Gasteiger partial charge in [0.2, 0.25) is 0 Å². The number of piperidine rings is 2. The standard InChI is InChI=1S/C23H27N3O3.C23H25N3O3.C22H23N5OS.C22H25N3O3.C21H21N5OS/c2*1-15-11-18(16-7-9-25(2)10-8-16)14-26-22(27)13-19(24-23(15)26)17-5-6-20(28-3)21(12-17)29-4;1-15-23-18-6-4-16(12-20(18)29-15)19-13-22(28)27-14-17(5-7-21(27)24-19)26-9-3-8-25(2)10-11-26;1-14-10-17(15-6-8-23-9-7-15)13-25-21(26)12-18(24-22(14)25)16-4-5-19(27-2)20(11-16)28-3;1-14-23-17-5-3-15(11-19(17)28-14)18-12-21(27)26-13-16(4-6-20(26)24-18)25-9-2-7-22-8-10-25/h5-6,11-14,16H,7-10H2,1-4H3;5-7,11-14H,8-10H2,1-4H3;4-7,12-14H,3,8-11H2,1-2H3;4-5,10-13,15,23H,6-9H2,1-3H3;3-6,11-13,22H,2,7-10H2,1H3. The van der Waals surface area contributed by atoms with Crippen LogP contribution in [-0.2, 0) is 0 Å². The van der Waals surface area contributed by atoms with E-state index in [2.05, 4.69) is 115 Å². The number of thiazole rings is 2. The van der Waals surface area contributed by atoms with E-state index in [4.69, 9.17) is 53.3 Å². The number of ether oxygens (including phenoxy) is 6. The van der Waals surface area contributed by atoms with Crippen LogP contribution in [0.4, 0.5) is 11.4 Å². The number of nitrogens with zero attached hydrogens (tertiary/aromatic N) is 17. The number of rotatable bonds is 16. The molecular formula is C111H121N19O11S2. The number of anilines is 2. The number of fused-ring (bicyclic) bond motifs is 7. The van der Waals surface area contributed by atoms with E-state index in [1.807, 2.05) is 157 Å². The molecule has 738 valence electrons. The molecule has 4 fully saturated rings. The predicted molar refractivity (Wildman–Crippen MR) is 572 cm³/mol. The van der Waals surface area contributed by atoms with Crippen molar-refractivity contribution in [2.24, 2.45) is 0 Å². The number of methoxy groups -OCH3 is 6. The molecule has 32 heteroatoms. The minimum absolute atomic E-state index is 0.0561. The molecule has 0 saturated carbocycles. The van der Waals surface area contributed by atoms with Gasteiger partial charge in [-0.15, -0.1) is 22.7 Å². The summed E-state index contributed by atoms with van der Waals surface area (Å²) >= 11 is 3.31. The summed E-state index contributed by atoms with van der Waals surface area (Å²) in [6, 6.07) is 51.3. The maximum Gasteiger partial charge on any atom is 0.258 e. The van der Waals surface area contributed by atoms with Crippen molar-refractivity contribution < 1.29 is 28.4 Å². The molecule has 30 nitrogen and oxygen atoms in total. The Balaban J connectivity index is 0.000000118. The molecule has 4 saturated heterocycles. The van der Waals surface area contributed by atoms with Crippen LogP contribution in [0.5, 0.6) is 34.5 Å². The Kier molecular flexibility index (Phi) is 30.4. The van der Waals surface area contributed by atoms with Gasteiger partial charge in [0.15, 0.2) is 34.5 Å². The molecule has 0 spiro atoms. The van der Waals surface area contributed by atoms with Crippen molar-refractivity contribution in [3.05, 3.63) is 296 Å². The van der Waals surface area contributed by atoms with E-state index in [9.17, 15) is 24.0 Å². The summed E-state index contributed by atoms with van der Waals surface area (Å²) in [6.45, 7) is 24.3. The Morgan fingerprint density at radius 2 is 0.720 bits per heavy atom. The minimum Gasteiger partial charge on any atom is -0.493 e. The van der Waals surface area contributed by atoms with Gasteiger partial charge in [-0.1, -0.05) is 30.3 Å². The van der Waals surface area contributed by atoms with Crippen molar-refractivity contribution in [2.75, 3.05) is 165 Å². The van der Waals surface area contributed by atoms with E-state index in [0.717, 1.165) is 228 Å². The number of hydrogen-bond acceptors (Lipinski definition) is 27. The summed E-state index contributed by atoms with van der Waals surface area (Å²) < 4.78 is 42.6. The minimum atomic E-state index is -0.0988. The van der Waals surface area contributed by atoms with Gasteiger partial charge in [-0.05, 0) is 300 Å². The van der Waals surface area contributed by atoms with Crippen LogP contribution in [-0.4, -0.2) is 227 Å². The van der Waals surface area contributed by atoms with Crippen molar-refractivity contribution in [1.82, 2.24) is 82.2 Å². The van der Waals surface area contributed by atoms with E-state index in [-0.39, 0.29) is 27.8 Å². The van der Waals surface area contributed by atoms with Gasteiger partial charge in [-0.2, -0.15) is 0 Å². The van der Waals surface area contributed by atoms with Crippen LogP contribution in [0, 0.1) is 34.6 Å². The summed E-state index contributed by atoms with van der Waals surface area (Å²) in [6.07, 6.45) is 19.6. The first-order valence-electron chi connectivity index (χ1n) is 48.6. The highest BCUT2D eigenvalue weighted by Gasteiger charge is 2.26. The lowest BCUT2D eigenvalue weighted by atomic mass is 9.90. The van der Waals surface area contributed by atoms with Gasteiger partial charge in [-0.25, -0.2) is 34.9 Å². The average Bonchev–Trinajstić information content (AvgIpc) is 1.52. The fourth-order valence-electron chi connectivity index (χ4n) is 19.4. The largest absolute Gasteiger partial charge is 0.493 e. The van der Waals surface area contributed by atoms with Crippen molar-refractivity contribution in [1.29, 1.82) is 0 Å². The molecule has 22 rings (SSSR count). The second-order valence-corrected chi connectivity index (χ2v) is 39.6. The van der Waals surface area contributed by atoms with Crippen LogP contribution in [0.3, 0.4) is 0 Å². The third-order valence-corrected chi connectivity index (χ3v) is 29.2. The van der Waals surface area contributed by atoms with Crippen molar-refractivity contribution in [3.8, 4) is 90.8 Å². The molecule has 5 aliphatic heterocycles. The molecule has 5 aromatic carbocycles. The molecule has 2 N–H and O–H groups in total. The molecule has 0 amide bonds. The SMILES string of the molecule is COc1ccc(-c2cc(=O)n3cc(C4=CCN(C)CC4)cc(C)c3n2)cc1OC.COc1ccc(-c2cc(=O)n3cc(C4CCN(C)CC4)cc(C)c3n2)cc1OC.COc1ccc(-c2cc(=O)n3cc(C4CCNCC4)cc(C)c3n2)cc1OC.Cc1nc2ccc(-c3cc(=O)n4cc(N5CCCN(C)CC5)ccc4n3)cc2s1.Cc1nc2ccc(-c3cc(=O)n4cc(N5CCCNCC5)ccc4n3)cc2s1. The molecule has 0 aliphatic carbocycles. The molecule has 17 heterocycles. The lowest BCUT2D eigenvalue weighted by Gasteiger charge is -2.29. The van der Waals surface area contributed by atoms with Gasteiger partial charge in [-0.3, -0.25) is 46.0 Å². The zero-order valence-electron chi connectivity index (χ0n) is 83.5. The summed E-state index contributed by atoms with van der Waals surface area (Å²) in [7, 11) is 16.0. The number of pyridine rings is 5. The topological polar surface area (TPSA) is 293 Å². The molecule has 5 aliphatic rings. The number of aryl methyl sites for hydroxylation is 5. The van der Waals surface area contributed by atoms with Gasteiger partial charge >= 0.3 is 0 Å². The second kappa shape index (κ2) is 44.0. The Morgan fingerprint density at radius 1 is 0.322 bits per heavy atom. The van der Waals surface area contributed by atoms with Crippen LogP contribution in [0.2, 0.25) is 0 Å². The molecule has 0 unspecified atom stereocenters. The molecule has 0 radical (unpaired) electrons. The summed E-state index contributed by atoms with van der Waals surface area (Å²) in [5.74, 6) is 4.74. The maximum absolute atomic E-state index is 12.9. The zero-order valence-corrected chi connectivity index (χ0v) is 85.1. The lowest BCUT2D eigenvalue weighted by molar-refractivity contribution is 0.255. The molecule has 17 aromatic rings. The third-order valence-electron chi connectivity index (χ3n) is 27.4. The molecule has 12 aromatic heterocycles. The van der Waals surface area contributed by atoms with E-state index in [1.54, 1.807) is 118 Å². The van der Waals surface area contributed by atoms with Crippen molar-refractivity contribution in [3.63, 3.8) is 0 Å². The number of hydrogen-bond donors (Lipinski definition) is 2. The normalized spacial score (nSPS) is 15.3. The molecule has 143 heavy (non-hydrogen) atoms. The fourth-order valence-corrected chi connectivity index (χ4v) is 21.1. The smallest absolute Gasteiger partial charge is 0.258 e. The third kappa shape index (κ3) is 22.3. The highest BCUT2D eigenvalue weighted by Crippen LogP contribution is 2.39. The zero-order chi connectivity index (χ0) is 99.8. The Hall–Kier alpha value is -14.4. The Morgan fingerprint density at radius 3 is 1.17 bits per heavy atom. The molecule has 0 atom stereocenters. The van der Waals surface area contributed by atoms with E-state index in [1.165, 1.54) is 16.7 Å². The highest BCUT2D eigenvalue weighted by molar-refractivity contribution is 7.18. The average molecular weight is 1960 g/mol. The van der Waals surface area contributed by atoms with Crippen LogP contribution < -0.4 is 76.7 Å².